The molecule has 100 valence electrons. The van der Waals surface area contributed by atoms with Crippen LogP contribution >= 0.6 is 0 Å². The molecule has 0 heterocycles. The summed E-state index contributed by atoms with van der Waals surface area (Å²) in [6.45, 7) is 3.99. The van der Waals surface area contributed by atoms with E-state index in [2.05, 4.69) is 5.32 Å². The third kappa shape index (κ3) is 3.72. The molecule has 1 rings (SSSR count). The number of nitrogen functional groups attached to an aromatic ring is 1. The van der Waals surface area contributed by atoms with E-state index in [0.717, 1.165) is 11.3 Å². The molecular formula is C13H21N3O2. The maximum absolute atomic E-state index is 11.8. The molecule has 1 aromatic carbocycles. The Hall–Kier alpha value is -1.59. The molecule has 1 unspecified atom stereocenters. The van der Waals surface area contributed by atoms with Gasteiger partial charge in [0.2, 0.25) is 5.91 Å². The van der Waals surface area contributed by atoms with Crippen LogP contribution in [-0.4, -0.2) is 42.2 Å². The van der Waals surface area contributed by atoms with Crippen LogP contribution in [0.3, 0.4) is 0 Å². The Balaban J connectivity index is 2.62. The second-order valence-electron chi connectivity index (χ2n) is 4.51. The molecule has 4 N–H and O–H groups in total. The molecule has 0 bridgehead atoms. The average Bonchev–Trinajstić information content (AvgIpc) is 2.33. The number of anilines is 2. The van der Waals surface area contributed by atoms with Crippen molar-refractivity contribution >= 4 is 17.3 Å². The van der Waals surface area contributed by atoms with Crippen molar-refractivity contribution in [1.82, 2.24) is 4.90 Å². The number of likely N-dealkylation sites (N-methyl/N-ethyl adjacent to an activating group) is 1. The lowest BCUT2D eigenvalue weighted by atomic mass is 10.1. The van der Waals surface area contributed by atoms with Gasteiger partial charge in [-0.05, 0) is 38.6 Å². The number of aliphatic hydroxyl groups is 1. The highest BCUT2D eigenvalue weighted by molar-refractivity contribution is 5.93. The van der Waals surface area contributed by atoms with Gasteiger partial charge in [-0.2, -0.15) is 0 Å². The van der Waals surface area contributed by atoms with Crippen molar-refractivity contribution < 1.29 is 9.90 Å². The molecule has 0 aromatic heterocycles. The van der Waals surface area contributed by atoms with Gasteiger partial charge in [-0.1, -0.05) is 6.07 Å². The first-order chi connectivity index (χ1) is 8.45. The Morgan fingerprint density at radius 3 is 2.83 bits per heavy atom. The van der Waals surface area contributed by atoms with Gasteiger partial charge in [-0.3, -0.25) is 9.69 Å². The van der Waals surface area contributed by atoms with E-state index >= 15 is 0 Å². The fraction of sp³-hybridized carbons (Fsp3) is 0.462. The van der Waals surface area contributed by atoms with E-state index in [1.165, 1.54) is 0 Å². The summed E-state index contributed by atoms with van der Waals surface area (Å²) < 4.78 is 0. The van der Waals surface area contributed by atoms with E-state index in [1.807, 2.05) is 19.9 Å². The molecule has 1 aromatic rings. The molecule has 0 aliphatic heterocycles. The molecule has 0 saturated carbocycles. The molecular weight excluding hydrogens is 230 g/mol. The van der Waals surface area contributed by atoms with Crippen LogP contribution in [-0.2, 0) is 4.79 Å². The lowest BCUT2D eigenvalue weighted by Gasteiger charge is -2.22. The Kier molecular flexibility index (Phi) is 5.12. The van der Waals surface area contributed by atoms with E-state index in [0.29, 0.717) is 5.69 Å². The van der Waals surface area contributed by atoms with Gasteiger partial charge >= 0.3 is 0 Å². The van der Waals surface area contributed by atoms with Gasteiger partial charge in [0.25, 0.3) is 0 Å². The number of carbonyl (C=O) groups excluding carboxylic acids is 1. The minimum absolute atomic E-state index is 0.0289. The number of rotatable bonds is 5. The second-order valence-corrected chi connectivity index (χ2v) is 4.51. The Labute approximate surface area is 108 Å². The van der Waals surface area contributed by atoms with E-state index in [1.54, 1.807) is 24.1 Å². The number of nitrogens with one attached hydrogen (secondary N) is 1. The summed E-state index contributed by atoms with van der Waals surface area (Å²) in [5.74, 6) is -0.119. The van der Waals surface area contributed by atoms with Crippen LogP contribution in [0.25, 0.3) is 0 Å². The molecule has 5 nitrogen and oxygen atoms in total. The van der Waals surface area contributed by atoms with Crippen LogP contribution in [0.1, 0.15) is 12.5 Å². The zero-order valence-corrected chi connectivity index (χ0v) is 11.1. The first-order valence-corrected chi connectivity index (χ1v) is 5.91. The summed E-state index contributed by atoms with van der Waals surface area (Å²) >= 11 is 0. The topological polar surface area (TPSA) is 78.6 Å². The van der Waals surface area contributed by atoms with Crippen molar-refractivity contribution in [2.75, 3.05) is 31.2 Å². The summed E-state index contributed by atoms with van der Waals surface area (Å²) in [6, 6.07) is 5.37. The summed E-state index contributed by atoms with van der Waals surface area (Å²) in [7, 11) is 1.80. The fourth-order valence-electron chi connectivity index (χ4n) is 1.50. The Bertz CT molecular complexity index is 421. The number of nitrogens with zero attached hydrogens (tertiary/aromatic N) is 1. The molecule has 18 heavy (non-hydrogen) atoms. The largest absolute Gasteiger partial charge is 0.398 e. The molecule has 1 atom stereocenters. The molecule has 0 radical (unpaired) electrons. The maximum atomic E-state index is 11.8. The molecule has 0 spiro atoms. The molecule has 0 fully saturated rings. The number of hydrogen-bond donors (Lipinski definition) is 3. The third-order valence-corrected chi connectivity index (χ3v) is 3.06. The predicted molar refractivity (Wildman–Crippen MR) is 73.4 cm³/mol. The third-order valence-electron chi connectivity index (χ3n) is 3.06. The monoisotopic (exact) mass is 251 g/mol. The summed E-state index contributed by atoms with van der Waals surface area (Å²) in [6.07, 6.45) is 0. The average molecular weight is 251 g/mol. The predicted octanol–water partition coefficient (Wildman–Crippen LogP) is 0.828. The number of carbonyl (C=O) groups is 1. The van der Waals surface area contributed by atoms with Crippen molar-refractivity contribution in [3.8, 4) is 0 Å². The molecule has 5 heteroatoms. The van der Waals surface area contributed by atoms with Crippen molar-refractivity contribution in [1.29, 1.82) is 0 Å². The van der Waals surface area contributed by atoms with Crippen LogP contribution in [0.2, 0.25) is 0 Å². The minimum Gasteiger partial charge on any atom is -0.398 e. The quantitative estimate of drug-likeness (QED) is 0.677. The van der Waals surface area contributed by atoms with Crippen LogP contribution < -0.4 is 11.1 Å². The summed E-state index contributed by atoms with van der Waals surface area (Å²) in [5, 5.41) is 11.8. The first-order valence-electron chi connectivity index (χ1n) is 5.91. The molecule has 0 aliphatic carbocycles. The van der Waals surface area contributed by atoms with Gasteiger partial charge in [-0.25, -0.2) is 0 Å². The Morgan fingerprint density at radius 2 is 2.22 bits per heavy atom. The van der Waals surface area contributed by atoms with Gasteiger partial charge in [0.1, 0.15) is 0 Å². The van der Waals surface area contributed by atoms with Gasteiger partial charge in [-0.15, -0.1) is 0 Å². The van der Waals surface area contributed by atoms with Crippen LogP contribution in [0.4, 0.5) is 11.4 Å². The van der Waals surface area contributed by atoms with Gasteiger partial charge in [0.15, 0.2) is 0 Å². The van der Waals surface area contributed by atoms with Crippen LogP contribution in [0, 0.1) is 6.92 Å². The SMILES string of the molecule is Cc1c(N)cccc1NC(=O)CN(C)C(C)CO. The van der Waals surface area contributed by atoms with Crippen molar-refractivity contribution in [2.45, 2.75) is 19.9 Å². The normalized spacial score (nSPS) is 12.5. The highest BCUT2D eigenvalue weighted by atomic mass is 16.3. The fourth-order valence-corrected chi connectivity index (χ4v) is 1.50. The number of nitrogens with two attached hydrogens (primary N) is 1. The van der Waals surface area contributed by atoms with Crippen molar-refractivity contribution in [3.63, 3.8) is 0 Å². The standard InChI is InChI=1S/C13H21N3O2/c1-9(8-17)16(3)7-13(18)15-12-6-4-5-11(14)10(12)2/h4-6,9,17H,7-8,14H2,1-3H3,(H,15,18). The maximum Gasteiger partial charge on any atom is 0.238 e. The van der Waals surface area contributed by atoms with Crippen molar-refractivity contribution in [2.24, 2.45) is 0 Å². The minimum atomic E-state index is -0.119. The van der Waals surface area contributed by atoms with Gasteiger partial charge in [0, 0.05) is 17.4 Å². The smallest absolute Gasteiger partial charge is 0.238 e. The second kappa shape index (κ2) is 6.37. The number of aliphatic hydroxyl groups excluding tert-OH is 1. The van der Waals surface area contributed by atoms with Crippen LogP contribution in [0.5, 0.6) is 0 Å². The lowest BCUT2D eigenvalue weighted by Crippen LogP contribution is -2.38. The number of hydrogen-bond acceptors (Lipinski definition) is 4. The number of amides is 1. The lowest BCUT2D eigenvalue weighted by molar-refractivity contribution is -0.117. The van der Waals surface area contributed by atoms with Gasteiger partial charge in [0.05, 0.1) is 13.2 Å². The first kappa shape index (κ1) is 14.5. The van der Waals surface area contributed by atoms with E-state index < -0.39 is 0 Å². The Morgan fingerprint density at radius 1 is 1.56 bits per heavy atom. The summed E-state index contributed by atoms with van der Waals surface area (Å²) in [5.41, 5.74) is 8.02. The molecule has 0 saturated heterocycles. The van der Waals surface area contributed by atoms with E-state index in [9.17, 15) is 4.79 Å². The molecule has 1 amide bonds. The van der Waals surface area contributed by atoms with E-state index in [4.69, 9.17) is 10.8 Å². The van der Waals surface area contributed by atoms with Crippen molar-refractivity contribution in [3.05, 3.63) is 23.8 Å². The van der Waals surface area contributed by atoms with Crippen LogP contribution in [0.15, 0.2) is 18.2 Å². The molecule has 0 aliphatic rings. The zero-order chi connectivity index (χ0) is 13.7. The number of benzene rings is 1. The summed E-state index contributed by atoms with van der Waals surface area (Å²) in [4.78, 5) is 13.6. The highest BCUT2D eigenvalue weighted by Gasteiger charge is 2.13. The van der Waals surface area contributed by atoms with E-state index in [-0.39, 0.29) is 25.1 Å². The van der Waals surface area contributed by atoms with Gasteiger partial charge < -0.3 is 16.2 Å². The highest BCUT2D eigenvalue weighted by Crippen LogP contribution is 2.20. The zero-order valence-electron chi connectivity index (χ0n) is 11.1.